The first-order valence-corrected chi connectivity index (χ1v) is 4.70. The molecule has 0 bridgehead atoms. The summed E-state index contributed by atoms with van der Waals surface area (Å²) in [5.41, 5.74) is 2.68. The molecule has 0 fully saturated rings. The number of hydrogen-bond donors (Lipinski definition) is 0. The fraction of sp³-hybridized carbons (Fsp3) is 0.333. The van der Waals surface area contributed by atoms with Gasteiger partial charge in [-0.2, -0.15) is 0 Å². The quantitative estimate of drug-likeness (QED) is 0.538. The maximum absolute atomic E-state index is 11.6. The molecule has 1 aromatic heterocycles. The standard InChI is InChI=1S/C12H15NO/c1-9(2)4-5-12(14)11-6-7-13-10(3)8-11/h6-8H,1,4-5H2,2-3H3. The van der Waals surface area contributed by atoms with E-state index in [1.54, 1.807) is 12.3 Å². The summed E-state index contributed by atoms with van der Waals surface area (Å²) in [6.07, 6.45) is 2.97. The molecule has 0 saturated heterocycles. The molecular weight excluding hydrogens is 174 g/mol. The Balaban J connectivity index is 2.65. The predicted molar refractivity (Wildman–Crippen MR) is 57.4 cm³/mol. The molecule has 0 unspecified atom stereocenters. The second-order valence-electron chi connectivity index (χ2n) is 3.57. The van der Waals surface area contributed by atoms with Gasteiger partial charge in [-0.3, -0.25) is 9.78 Å². The van der Waals surface area contributed by atoms with E-state index < -0.39 is 0 Å². The predicted octanol–water partition coefficient (Wildman–Crippen LogP) is 2.93. The van der Waals surface area contributed by atoms with Gasteiger partial charge < -0.3 is 0 Å². The summed E-state index contributed by atoms with van der Waals surface area (Å²) in [6.45, 7) is 7.59. The summed E-state index contributed by atoms with van der Waals surface area (Å²) in [7, 11) is 0. The van der Waals surface area contributed by atoms with E-state index >= 15 is 0 Å². The Morgan fingerprint density at radius 2 is 2.21 bits per heavy atom. The third-order valence-corrected chi connectivity index (χ3v) is 2.00. The third kappa shape index (κ3) is 3.13. The van der Waals surface area contributed by atoms with Crippen molar-refractivity contribution in [3.63, 3.8) is 0 Å². The maximum atomic E-state index is 11.6. The van der Waals surface area contributed by atoms with Crippen molar-refractivity contribution in [1.29, 1.82) is 0 Å². The molecule has 0 saturated carbocycles. The van der Waals surface area contributed by atoms with Crippen LogP contribution in [0.25, 0.3) is 0 Å². The summed E-state index contributed by atoms with van der Waals surface area (Å²) in [6, 6.07) is 3.58. The monoisotopic (exact) mass is 189 g/mol. The van der Waals surface area contributed by atoms with Gasteiger partial charge in [-0.25, -0.2) is 0 Å². The van der Waals surface area contributed by atoms with Crippen LogP contribution in [0.3, 0.4) is 0 Å². The summed E-state index contributed by atoms with van der Waals surface area (Å²) in [5, 5.41) is 0. The minimum Gasteiger partial charge on any atom is -0.294 e. The van der Waals surface area contributed by atoms with Crippen molar-refractivity contribution in [2.24, 2.45) is 0 Å². The number of aryl methyl sites for hydroxylation is 1. The number of rotatable bonds is 4. The SMILES string of the molecule is C=C(C)CCC(=O)c1ccnc(C)c1. The van der Waals surface area contributed by atoms with Crippen LogP contribution in [0.1, 0.15) is 35.8 Å². The van der Waals surface area contributed by atoms with Crippen LogP contribution in [0.4, 0.5) is 0 Å². The van der Waals surface area contributed by atoms with Crippen molar-refractivity contribution < 1.29 is 4.79 Å². The molecule has 2 heteroatoms. The Kier molecular flexibility index (Phi) is 3.57. The van der Waals surface area contributed by atoms with Gasteiger partial charge in [-0.1, -0.05) is 5.57 Å². The lowest BCUT2D eigenvalue weighted by Crippen LogP contribution is -2.00. The molecular formula is C12H15NO. The first-order chi connectivity index (χ1) is 6.59. The average molecular weight is 189 g/mol. The van der Waals surface area contributed by atoms with Crippen LogP contribution in [0.2, 0.25) is 0 Å². The van der Waals surface area contributed by atoms with Gasteiger partial charge in [-0.15, -0.1) is 6.58 Å². The summed E-state index contributed by atoms with van der Waals surface area (Å²) >= 11 is 0. The molecule has 1 aromatic rings. The molecule has 0 radical (unpaired) electrons. The Morgan fingerprint density at radius 1 is 1.50 bits per heavy atom. The minimum absolute atomic E-state index is 0.165. The number of carbonyl (C=O) groups excluding carboxylic acids is 1. The first kappa shape index (κ1) is 10.6. The topological polar surface area (TPSA) is 30.0 Å². The lowest BCUT2D eigenvalue weighted by atomic mass is 10.0. The number of Topliss-reactive ketones (excluding diaryl/α,β-unsaturated/α-hetero) is 1. The van der Waals surface area contributed by atoms with Crippen LogP contribution in [-0.2, 0) is 0 Å². The van der Waals surface area contributed by atoms with E-state index in [1.165, 1.54) is 0 Å². The molecule has 0 aliphatic rings. The number of aromatic nitrogens is 1. The van der Waals surface area contributed by atoms with Gasteiger partial charge >= 0.3 is 0 Å². The molecule has 0 atom stereocenters. The Labute approximate surface area is 84.7 Å². The highest BCUT2D eigenvalue weighted by Gasteiger charge is 2.05. The molecule has 0 aliphatic carbocycles. The zero-order valence-corrected chi connectivity index (χ0v) is 8.71. The Hall–Kier alpha value is -1.44. The molecule has 14 heavy (non-hydrogen) atoms. The lowest BCUT2D eigenvalue weighted by molar-refractivity contribution is 0.0982. The van der Waals surface area contributed by atoms with Crippen LogP contribution >= 0.6 is 0 Å². The highest BCUT2D eigenvalue weighted by Crippen LogP contribution is 2.09. The summed E-state index contributed by atoms with van der Waals surface area (Å²) in [5.74, 6) is 0.165. The number of carbonyl (C=O) groups is 1. The number of allylic oxidation sites excluding steroid dienone is 1. The second kappa shape index (κ2) is 4.70. The van der Waals surface area contributed by atoms with E-state index in [4.69, 9.17) is 0 Å². The summed E-state index contributed by atoms with van der Waals surface area (Å²) < 4.78 is 0. The van der Waals surface area contributed by atoms with Gasteiger partial charge in [0.05, 0.1) is 0 Å². The van der Waals surface area contributed by atoms with Gasteiger partial charge in [0.1, 0.15) is 0 Å². The van der Waals surface area contributed by atoms with Crippen molar-refractivity contribution in [3.05, 3.63) is 41.7 Å². The molecule has 74 valence electrons. The normalized spacial score (nSPS) is 9.86. The van der Waals surface area contributed by atoms with Crippen molar-refractivity contribution in [1.82, 2.24) is 4.98 Å². The smallest absolute Gasteiger partial charge is 0.163 e. The second-order valence-corrected chi connectivity index (χ2v) is 3.57. The fourth-order valence-corrected chi connectivity index (χ4v) is 1.19. The molecule has 0 spiro atoms. The van der Waals surface area contributed by atoms with Gasteiger partial charge in [0.2, 0.25) is 0 Å². The van der Waals surface area contributed by atoms with E-state index in [-0.39, 0.29) is 5.78 Å². The number of hydrogen-bond acceptors (Lipinski definition) is 2. The van der Waals surface area contributed by atoms with Crippen molar-refractivity contribution in [2.45, 2.75) is 26.7 Å². The summed E-state index contributed by atoms with van der Waals surface area (Å²) in [4.78, 5) is 15.7. The van der Waals surface area contributed by atoms with Crippen LogP contribution in [-0.4, -0.2) is 10.8 Å². The molecule has 0 amide bonds. The highest BCUT2D eigenvalue weighted by atomic mass is 16.1. The molecule has 2 nitrogen and oxygen atoms in total. The molecule has 0 N–H and O–H groups in total. The van der Waals surface area contributed by atoms with E-state index in [9.17, 15) is 4.79 Å². The molecule has 1 heterocycles. The molecule has 0 aliphatic heterocycles. The maximum Gasteiger partial charge on any atom is 0.163 e. The van der Waals surface area contributed by atoms with E-state index in [1.807, 2.05) is 19.9 Å². The van der Waals surface area contributed by atoms with Crippen LogP contribution in [0.5, 0.6) is 0 Å². The van der Waals surface area contributed by atoms with E-state index in [2.05, 4.69) is 11.6 Å². The van der Waals surface area contributed by atoms with E-state index in [0.717, 1.165) is 23.3 Å². The highest BCUT2D eigenvalue weighted by molar-refractivity contribution is 5.96. The molecule has 1 rings (SSSR count). The minimum atomic E-state index is 0.165. The number of ketones is 1. The van der Waals surface area contributed by atoms with Gasteiger partial charge in [0.25, 0.3) is 0 Å². The van der Waals surface area contributed by atoms with Crippen LogP contribution in [0, 0.1) is 6.92 Å². The zero-order valence-electron chi connectivity index (χ0n) is 8.71. The van der Waals surface area contributed by atoms with E-state index in [0.29, 0.717) is 6.42 Å². The first-order valence-electron chi connectivity index (χ1n) is 4.70. The Morgan fingerprint density at radius 3 is 2.79 bits per heavy atom. The average Bonchev–Trinajstić information content (AvgIpc) is 2.14. The van der Waals surface area contributed by atoms with Gasteiger partial charge in [-0.05, 0) is 32.4 Å². The third-order valence-electron chi connectivity index (χ3n) is 2.00. The van der Waals surface area contributed by atoms with Gasteiger partial charge in [0.15, 0.2) is 5.78 Å². The number of nitrogens with zero attached hydrogens (tertiary/aromatic N) is 1. The van der Waals surface area contributed by atoms with Crippen molar-refractivity contribution in [3.8, 4) is 0 Å². The Bertz CT molecular complexity index is 355. The molecule has 0 aromatic carbocycles. The lowest BCUT2D eigenvalue weighted by Gasteiger charge is -2.01. The van der Waals surface area contributed by atoms with Crippen LogP contribution in [0.15, 0.2) is 30.5 Å². The fourth-order valence-electron chi connectivity index (χ4n) is 1.19. The van der Waals surface area contributed by atoms with Gasteiger partial charge in [0, 0.05) is 23.9 Å². The van der Waals surface area contributed by atoms with Crippen molar-refractivity contribution in [2.75, 3.05) is 0 Å². The zero-order chi connectivity index (χ0) is 10.6. The van der Waals surface area contributed by atoms with Crippen LogP contribution < -0.4 is 0 Å². The largest absolute Gasteiger partial charge is 0.294 e. The number of pyridine rings is 1. The van der Waals surface area contributed by atoms with Crippen molar-refractivity contribution >= 4 is 5.78 Å².